The molecule has 0 saturated heterocycles. The number of aliphatic hydroxyl groups is 1. The van der Waals surface area contributed by atoms with Gasteiger partial charge >= 0.3 is 0 Å². The zero-order valence-corrected chi connectivity index (χ0v) is 4.56. The van der Waals surface area contributed by atoms with E-state index in [1.165, 1.54) is 0 Å². The van der Waals surface area contributed by atoms with Gasteiger partial charge in [0.1, 0.15) is 6.73 Å². The Kier molecular flexibility index (Phi) is 1.54. The van der Waals surface area contributed by atoms with Crippen LogP contribution >= 0.6 is 11.8 Å². The molecule has 1 N–H and O–H groups in total. The van der Waals surface area contributed by atoms with Crippen LogP contribution in [0.1, 0.15) is 0 Å². The normalized spacial score (nSPS) is 18.7. The fourth-order valence-electron chi connectivity index (χ4n) is 0.330. The minimum absolute atomic E-state index is 0.0312. The number of thioether (sulfide) groups is 1. The number of hydrogen-bond acceptors (Lipinski definition) is 4. The molecule has 1 aliphatic heterocycles. The van der Waals surface area contributed by atoms with Gasteiger partial charge in [0.2, 0.25) is 0 Å². The largest absolute Gasteiger partial charge is 0.375 e. The van der Waals surface area contributed by atoms with Crippen molar-refractivity contribution in [3.8, 4) is 0 Å². The molecule has 0 atom stereocenters. The third-order valence-corrected chi connectivity index (χ3v) is 1.36. The molecular formula is C3H6N2OS. The lowest BCUT2D eigenvalue weighted by Crippen LogP contribution is -2.12. The standard InChI is InChI=1S/C3H6N2OS/c6-2-5-3-7-1-4-5/h1,6H,2-3H2. The molecule has 4 heteroatoms. The van der Waals surface area contributed by atoms with Crippen LogP contribution in [-0.4, -0.2) is 28.3 Å². The van der Waals surface area contributed by atoms with E-state index in [2.05, 4.69) is 5.10 Å². The van der Waals surface area contributed by atoms with E-state index < -0.39 is 0 Å². The third kappa shape index (κ3) is 1.07. The number of hydrogen-bond donors (Lipinski definition) is 1. The zero-order valence-electron chi connectivity index (χ0n) is 3.74. The van der Waals surface area contributed by atoms with Crippen molar-refractivity contribution in [2.24, 2.45) is 5.10 Å². The first-order valence-electron chi connectivity index (χ1n) is 1.93. The van der Waals surface area contributed by atoms with Gasteiger partial charge in [0.15, 0.2) is 0 Å². The molecule has 40 valence electrons. The molecule has 0 radical (unpaired) electrons. The lowest BCUT2D eigenvalue weighted by molar-refractivity contribution is 0.134. The minimum Gasteiger partial charge on any atom is -0.375 e. The van der Waals surface area contributed by atoms with E-state index in [0.29, 0.717) is 0 Å². The first kappa shape index (κ1) is 4.93. The fourth-order valence-corrected chi connectivity index (χ4v) is 0.917. The van der Waals surface area contributed by atoms with Crippen LogP contribution in [0.25, 0.3) is 0 Å². The maximum atomic E-state index is 8.36. The SMILES string of the molecule is OCN1CSC=N1. The van der Waals surface area contributed by atoms with Crippen molar-refractivity contribution in [2.75, 3.05) is 12.6 Å². The van der Waals surface area contributed by atoms with E-state index >= 15 is 0 Å². The minimum atomic E-state index is 0.0312. The van der Waals surface area contributed by atoms with Gasteiger partial charge in [0.25, 0.3) is 0 Å². The molecule has 0 aromatic carbocycles. The molecule has 1 heterocycles. The number of aliphatic hydroxyl groups excluding tert-OH is 1. The summed E-state index contributed by atoms with van der Waals surface area (Å²) >= 11 is 1.58. The lowest BCUT2D eigenvalue weighted by atomic mass is 11.1. The van der Waals surface area contributed by atoms with E-state index in [1.807, 2.05) is 0 Å². The molecule has 0 fully saturated rings. The van der Waals surface area contributed by atoms with Crippen LogP contribution in [-0.2, 0) is 0 Å². The molecule has 0 bridgehead atoms. The highest BCUT2D eigenvalue weighted by Gasteiger charge is 2.00. The van der Waals surface area contributed by atoms with Crippen LogP contribution in [0, 0.1) is 0 Å². The van der Waals surface area contributed by atoms with Crippen molar-refractivity contribution in [3.63, 3.8) is 0 Å². The summed E-state index contributed by atoms with van der Waals surface area (Å²) in [5.74, 6) is 0.788. The number of hydrazone groups is 1. The van der Waals surface area contributed by atoms with Crippen molar-refractivity contribution in [1.82, 2.24) is 5.01 Å². The highest BCUT2D eigenvalue weighted by Crippen LogP contribution is 2.06. The van der Waals surface area contributed by atoms with Gasteiger partial charge in [0, 0.05) is 0 Å². The van der Waals surface area contributed by atoms with Crippen molar-refractivity contribution in [3.05, 3.63) is 0 Å². The molecule has 0 saturated carbocycles. The summed E-state index contributed by atoms with van der Waals surface area (Å²) in [6.07, 6.45) is 0. The molecule has 0 amide bonds. The Morgan fingerprint density at radius 3 is 3.14 bits per heavy atom. The lowest BCUT2D eigenvalue weighted by Gasteiger charge is -2.05. The second kappa shape index (κ2) is 2.18. The Labute approximate surface area is 46.0 Å². The van der Waals surface area contributed by atoms with Crippen LogP contribution in [0.3, 0.4) is 0 Å². The zero-order chi connectivity index (χ0) is 5.11. The summed E-state index contributed by atoms with van der Waals surface area (Å²) in [6, 6.07) is 0. The van der Waals surface area contributed by atoms with Crippen molar-refractivity contribution >= 4 is 17.3 Å². The van der Waals surface area contributed by atoms with E-state index in [1.54, 1.807) is 22.3 Å². The molecule has 7 heavy (non-hydrogen) atoms. The quantitative estimate of drug-likeness (QED) is 0.521. The molecule has 1 aliphatic rings. The summed E-state index contributed by atoms with van der Waals surface area (Å²) in [7, 11) is 0. The Bertz CT molecular complexity index is 85.0. The summed E-state index contributed by atoms with van der Waals surface area (Å²) in [4.78, 5) is 0. The molecule has 1 rings (SSSR count). The Balaban J connectivity index is 2.28. The Hall–Kier alpha value is -0.220. The number of nitrogens with zero attached hydrogens (tertiary/aromatic N) is 2. The topological polar surface area (TPSA) is 35.8 Å². The third-order valence-electron chi connectivity index (χ3n) is 0.672. The van der Waals surface area contributed by atoms with Crippen molar-refractivity contribution in [1.29, 1.82) is 0 Å². The molecular weight excluding hydrogens is 112 g/mol. The predicted octanol–water partition coefficient (Wildman–Crippen LogP) is -0.114. The molecule has 0 spiro atoms. The second-order valence-corrected chi connectivity index (χ2v) is 1.97. The molecule has 0 aromatic rings. The first-order valence-corrected chi connectivity index (χ1v) is 2.98. The van der Waals surface area contributed by atoms with Crippen molar-refractivity contribution in [2.45, 2.75) is 0 Å². The van der Waals surface area contributed by atoms with Crippen LogP contribution in [0.2, 0.25) is 0 Å². The average Bonchev–Trinajstić information content (AvgIpc) is 2.14. The monoisotopic (exact) mass is 118 g/mol. The van der Waals surface area contributed by atoms with Crippen LogP contribution < -0.4 is 0 Å². The Morgan fingerprint density at radius 2 is 2.86 bits per heavy atom. The first-order chi connectivity index (χ1) is 3.43. The smallest absolute Gasteiger partial charge is 0.132 e. The van der Waals surface area contributed by atoms with E-state index in [0.717, 1.165) is 5.88 Å². The maximum Gasteiger partial charge on any atom is 0.132 e. The van der Waals surface area contributed by atoms with Gasteiger partial charge < -0.3 is 5.11 Å². The van der Waals surface area contributed by atoms with Gasteiger partial charge in [-0.05, 0) is 0 Å². The summed E-state index contributed by atoms with van der Waals surface area (Å²) in [5, 5.41) is 13.7. The second-order valence-electron chi connectivity index (χ2n) is 1.16. The van der Waals surface area contributed by atoms with Crippen LogP contribution in [0.15, 0.2) is 5.10 Å². The van der Waals surface area contributed by atoms with Gasteiger partial charge in [-0.2, -0.15) is 5.10 Å². The highest BCUT2D eigenvalue weighted by atomic mass is 32.2. The van der Waals surface area contributed by atoms with Gasteiger partial charge in [0.05, 0.1) is 11.4 Å². The van der Waals surface area contributed by atoms with Crippen LogP contribution in [0.5, 0.6) is 0 Å². The molecule has 3 nitrogen and oxygen atoms in total. The van der Waals surface area contributed by atoms with E-state index in [-0.39, 0.29) is 6.73 Å². The van der Waals surface area contributed by atoms with Gasteiger partial charge in [-0.15, -0.1) is 0 Å². The number of rotatable bonds is 1. The summed E-state index contributed by atoms with van der Waals surface area (Å²) in [6.45, 7) is 0.0312. The van der Waals surface area contributed by atoms with Gasteiger partial charge in [-0.3, -0.25) is 5.01 Å². The van der Waals surface area contributed by atoms with Crippen molar-refractivity contribution < 1.29 is 5.11 Å². The molecule has 0 aliphatic carbocycles. The highest BCUT2D eigenvalue weighted by molar-refractivity contribution is 8.12. The summed E-state index contributed by atoms with van der Waals surface area (Å²) in [5.41, 5.74) is 1.72. The van der Waals surface area contributed by atoms with E-state index in [9.17, 15) is 0 Å². The van der Waals surface area contributed by atoms with Gasteiger partial charge in [-0.1, -0.05) is 11.8 Å². The summed E-state index contributed by atoms with van der Waals surface area (Å²) < 4.78 is 0. The predicted molar refractivity (Wildman–Crippen MR) is 29.9 cm³/mol. The van der Waals surface area contributed by atoms with E-state index in [4.69, 9.17) is 5.11 Å². The Morgan fingerprint density at radius 1 is 2.00 bits per heavy atom. The molecule has 0 unspecified atom stereocenters. The molecule has 0 aromatic heterocycles. The fraction of sp³-hybridized carbons (Fsp3) is 0.667. The van der Waals surface area contributed by atoms with Crippen LogP contribution in [0.4, 0.5) is 0 Å². The average molecular weight is 118 g/mol. The van der Waals surface area contributed by atoms with Gasteiger partial charge in [-0.25, -0.2) is 0 Å². The maximum absolute atomic E-state index is 8.36.